The van der Waals surface area contributed by atoms with Crippen molar-refractivity contribution in [1.29, 1.82) is 0 Å². The highest BCUT2D eigenvalue weighted by atomic mass is 16.4. The number of nitrogens with one attached hydrogen (secondary N) is 2. The molecule has 1 aliphatic rings. The fraction of sp³-hybridized carbons (Fsp3) is 0.455. The molecule has 1 fully saturated rings. The third kappa shape index (κ3) is 5.77. The van der Waals surface area contributed by atoms with E-state index >= 15 is 0 Å². The summed E-state index contributed by atoms with van der Waals surface area (Å²) in [5.74, 6) is -1.24. The van der Waals surface area contributed by atoms with E-state index in [4.69, 9.17) is 10.8 Å². The molecule has 2 atom stereocenters. The van der Waals surface area contributed by atoms with Gasteiger partial charge in [-0.15, -0.1) is 0 Å². The van der Waals surface area contributed by atoms with Crippen LogP contribution in [-0.4, -0.2) is 44.8 Å². The van der Waals surface area contributed by atoms with E-state index in [1.807, 2.05) is 0 Å². The monoisotopic (exact) mass is 268 g/mol. The third-order valence-electron chi connectivity index (χ3n) is 2.32. The lowest BCUT2D eigenvalue weighted by Crippen LogP contribution is -2.41. The normalized spacial score (nSPS) is 18.0. The van der Waals surface area contributed by atoms with Crippen LogP contribution in [0.25, 0.3) is 0 Å². The number of aromatic amines is 1. The van der Waals surface area contributed by atoms with Gasteiger partial charge in [0.2, 0.25) is 5.91 Å². The van der Waals surface area contributed by atoms with E-state index in [2.05, 4.69) is 15.3 Å². The molecule has 1 unspecified atom stereocenters. The summed E-state index contributed by atoms with van der Waals surface area (Å²) in [4.78, 5) is 37.7. The Kier molecular flexibility index (Phi) is 5.19. The zero-order chi connectivity index (χ0) is 14.4. The highest BCUT2D eigenvalue weighted by molar-refractivity contribution is 5.99. The number of carboxylic acid groups (broad SMARTS) is 1. The van der Waals surface area contributed by atoms with Crippen molar-refractivity contribution in [3.8, 4) is 0 Å². The number of hydrogen-bond acceptors (Lipinski definition) is 5. The number of nitrogens with two attached hydrogens (primary N) is 1. The number of H-pyrrole nitrogens is 1. The summed E-state index contributed by atoms with van der Waals surface area (Å²) in [6.07, 6.45) is 3.85. The first-order valence-electron chi connectivity index (χ1n) is 5.66. The summed E-state index contributed by atoms with van der Waals surface area (Å²) < 4.78 is 0. The van der Waals surface area contributed by atoms with Gasteiger partial charge in [-0.1, -0.05) is 0 Å². The van der Waals surface area contributed by atoms with Crippen molar-refractivity contribution in [2.75, 3.05) is 0 Å². The molecule has 0 bridgehead atoms. The van der Waals surface area contributed by atoms with E-state index in [-0.39, 0.29) is 24.2 Å². The lowest BCUT2D eigenvalue weighted by molar-refractivity contribution is -0.141. The average Bonchev–Trinajstić information content (AvgIpc) is 2.81. The first kappa shape index (κ1) is 14.8. The van der Waals surface area contributed by atoms with Gasteiger partial charge in [0.15, 0.2) is 5.78 Å². The molecule has 1 amide bonds. The Morgan fingerprint density at radius 3 is 2.58 bits per heavy atom. The third-order valence-corrected chi connectivity index (χ3v) is 2.32. The van der Waals surface area contributed by atoms with Crippen LogP contribution in [0.4, 0.5) is 0 Å². The number of aromatic nitrogens is 2. The minimum absolute atomic E-state index is 0.0880. The molecule has 0 aliphatic heterocycles. The van der Waals surface area contributed by atoms with Crippen molar-refractivity contribution in [3.05, 3.63) is 18.2 Å². The largest absolute Gasteiger partial charge is 0.480 e. The summed E-state index contributed by atoms with van der Waals surface area (Å²) in [6.45, 7) is 1.28. The van der Waals surface area contributed by atoms with Crippen LogP contribution in [0.15, 0.2) is 12.5 Å². The molecule has 8 heteroatoms. The number of rotatable bonds is 4. The van der Waals surface area contributed by atoms with Crippen molar-refractivity contribution in [1.82, 2.24) is 15.3 Å². The van der Waals surface area contributed by atoms with Crippen LogP contribution in [0, 0.1) is 0 Å². The smallest absolute Gasteiger partial charge is 0.326 e. The highest BCUT2D eigenvalue weighted by Crippen LogP contribution is 2.07. The number of imidazole rings is 1. The Bertz CT molecular complexity index is 457. The van der Waals surface area contributed by atoms with Gasteiger partial charge in [-0.3, -0.25) is 9.59 Å². The van der Waals surface area contributed by atoms with E-state index in [0.717, 1.165) is 0 Å². The fourth-order valence-corrected chi connectivity index (χ4v) is 1.21. The van der Waals surface area contributed by atoms with Crippen LogP contribution >= 0.6 is 0 Å². The van der Waals surface area contributed by atoms with Crippen LogP contribution in [0.3, 0.4) is 0 Å². The number of hydrogen-bond donors (Lipinski definition) is 4. The molecule has 8 nitrogen and oxygen atoms in total. The Hall–Kier alpha value is -2.22. The molecule has 5 N–H and O–H groups in total. The number of carbonyl (C=O) groups excluding carboxylic acids is 2. The Morgan fingerprint density at radius 1 is 1.68 bits per heavy atom. The van der Waals surface area contributed by atoms with Crippen molar-refractivity contribution in [3.63, 3.8) is 0 Å². The van der Waals surface area contributed by atoms with Crippen LogP contribution in [-0.2, 0) is 20.8 Å². The van der Waals surface area contributed by atoms with E-state index in [1.165, 1.54) is 13.3 Å². The minimum Gasteiger partial charge on any atom is -0.480 e. The van der Waals surface area contributed by atoms with Gasteiger partial charge in [0.05, 0.1) is 18.1 Å². The maximum atomic E-state index is 10.7. The van der Waals surface area contributed by atoms with E-state index < -0.39 is 12.0 Å². The Balaban J connectivity index is 0.000000300. The average molecular weight is 268 g/mol. The first-order valence-corrected chi connectivity index (χ1v) is 5.66. The second-order valence-corrected chi connectivity index (χ2v) is 4.13. The molecular formula is C11H16N4O4. The Morgan fingerprint density at radius 2 is 2.26 bits per heavy atom. The van der Waals surface area contributed by atoms with Crippen molar-refractivity contribution in [2.45, 2.75) is 31.8 Å². The first-order chi connectivity index (χ1) is 8.90. The van der Waals surface area contributed by atoms with Gasteiger partial charge in [-0.05, 0) is 0 Å². The summed E-state index contributed by atoms with van der Waals surface area (Å²) in [5, 5.41) is 11.1. The number of amides is 1. The minimum atomic E-state index is -1.07. The summed E-state index contributed by atoms with van der Waals surface area (Å²) in [5.41, 5.74) is 5.62. The second-order valence-electron chi connectivity index (χ2n) is 4.13. The molecule has 0 saturated heterocycles. The lowest BCUT2D eigenvalue weighted by Gasteiger charge is -2.10. The van der Waals surface area contributed by atoms with Gasteiger partial charge in [-0.25, -0.2) is 9.78 Å². The molecule has 1 aliphatic carbocycles. The predicted octanol–water partition coefficient (Wildman–Crippen LogP) is -1.17. The highest BCUT2D eigenvalue weighted by Gasteiger charge is 2.29. The van der Waals surface area contributed by atoms with Crippen molar-refractivity contribution in [2.24, 2.45) is 5.73 Å². The van der Waals surface area contributed by atoms with Crippen LogP contribution in [0.2, 0.25) is 0 Å². The molecule has 1 aromatic rings. The number of carboxylic acids is 1. The van der Waals surface area contributed by atoms with E-state index in [1.54, 1.807) is 6.20 Å². The molecule has 2 rings (SSSR count). The number of Topliss-reactive ketones (excluding diaryl/α,β-unsaturated/α-hetero) is 1. The molecule has 19 heavy (non-hydrogen) atoms. The number of aliphatic carboxylic acids is 1. The summed E-state index contributed by atoms with van der Waals surface area (Å²) in [7, 11) is 0. The molecule has 0 spiro atoms. The quantitative estimate of drug-likeness (QED) is 0.542. The maximum Gasteiger partial charge on any atom is 0.326 e. The van der Waals surface area contributed by atoms with Crippen molar-refractivity contribution < 1.29 is 19.5 Å². The van der Waals surface area contributed by atoms with Crippen molar-refractivity contribution >= 4 is 17.7 Å². The van der Waals surface area contributed by atoms with Gasteiger partial charge in [0.1, 0.15) is 6.04 Å². The molecule has 1 aromatic heterocycles. The maximum absolute atomic E-state index is 10.7. The molecular weight excluding hydrogens is 252 g/mol. The lowest BCUT2D eigenvalue weighted by atomic mass is 10.1. The van der Waals surface area contributed by atoms with Crippen LogP contribution < -0.4 is 11.1 Å². The molecule has 1 saturated carbocycles. The molecule has 0 radical (unpaired) electrons. The molecule has 1 heterocycles. The van der Waals surface area contributed by atoms with Gasteiger partial charge in [-0.2, -0.15) is 0 Å². The van der Waals surface area contributed by atoms with E-state index in [0.29, 0.717) is 12.1 Å². The SMILES string of the molecule is CC(=O)N[C@@H](Cc1c[nH]cn1)C(=O)O.NC1CC1=O. The fourth-order valence-electron chi connectivity index (χ4n) is 1.21. The number of ketones is 1. The second kappa shape index (κ2) is 6.64. The van der Waals surface area contributed by atoms with Gasteiger partial charge < -0.3 is 21.1 Å². The molecule has 104 valence electrons. The standard InChI is InChI=1S/C8H11N3O3.C3H5NO/c1-5(12)11-7(8(13)14)2-6-3-9-4-10-6;4-2-1-3(2)5/h3-4,7H,2H2,1H3,(H,9,10)(H,11,12)(H,13,14);2H,1,4H2/t7-;/m0./s1. The zero-order valence-electron chi connectivity index (χ0n) is 10.4. The van der Waals surface area contributed by atoms with Gasteiger partial charge in [0.25, 0.3) is 0 Å². The predicted molar refractivity (Wildman–Crippen MR) is 65.1 cm³/mol. The number of carbonyl (C=O) groups is 3. The summed E-state index contributed by atoms with van der Waals surface area (Å²) >= 11 is 0. The molecule has 0 aromatic carbocycles. The topological polar surface area (TPSA) is 138 Å². The van der Waals surface area contributed by atoms with Crippen LogP contribution in [0.5, 0.6) is 0 Å². The number of nitrogens with zero attached hydrogens (tertiary/aromatic N) is 1. The van der Waals surface area contributed by atoms with Crippen LogP contribution in [0.1, 0.15) is 19.0 Å². The zero-order valence-corrected chi connectivity index (χ0v) is 10.4. The van der Waals surface area contributed by atoms with Gasteiger partial charge >= 0.3 is 5.97 Å². The van der Waals surface area contributed by atoms with E-state index in [9.17, 15) is 14.4 Å². The summed E-state index contributed by atoms with van der Waals surface area (Å²) in [6, 6.07) is -1.01. The van der Waals surface area contributed by atoms with Gasteiger partial charge in [0, 0.05) is 26.0 Å². The Labute approximate surface area is 109 Å².